The standard InChI is InChI=1S/C19H17N7O4/c27-18(21-22-19(28)15-10-16(15)26(29)30)14-8-6-12(7-9-14)11-25-23-17(20-24-25)13-4-2-1-3-5-13/h1-9,15-16H,10-11H2,(H,21,27)(H,22,28)/t15-,16-/m0/s1. The maximum absolute atomic E-state index is 12.1. The van der Waals surface area contributed by atoms with Gasteiger partial charge < -0.3 is 0 Å². The molecule has 1 fully saturated rings. The number of amides is 2. The predicted molar refractivity (Wildman–Crippen MR) is 103 cm³/mol. The van der Waals surface area contributed by atoms with Gasteiger partial charge in [0.05, 0.1) is 6.54 Å². The zero-order valence-corrected chi connectivity index (χ0v) is 15.6. The lowest BCUT2D eigenvalue weighted by Gasteiger charge is -2.07. The summed E-state index contributed by atoms with van der Waals surface area (Å²) in [5.74, 6) is -1.25. The Kier molecular flexibility index (Phi) is 5.16. The van der Waals surface area contributed by atoms with Gasteiger partial charge in [0.2, 0.25) is 17.8 Å². The first-order valence-electron chi connectivity index (χ1n) is 9.17. The molecule has 152 valence electrons. The number of hydrazine groups is 1. The summed E-state index contributed by atoms with van der Waals surface area (Å²) in [6.45, 7) is 0.377. The molecule has 4 rings (SSSR count). The molecule has 11 nitrogen and oxygen atoms in total. The summed E-state index contributed by atoms with van der Waals surface area (Å²) in [5.41, 5.74) is 6.55. The van der Waals surface area contributed by atoms with Gasteiger partial charge in [0, 0.05) is 22.5 Å². The highest BCUT2D eigenvalue weighted by molar-refractivity contribution is 5.95. The van der Waals surface area contributed by atoms with Gasteiger partial charge in [0.25, 0.3) is 5.91 Å². The van der Waals surface area contributed by atoms with E-state index in [1.165, 1.54) is 4.80 Å². The Hall–Kier alpha value is -4.15. The van der Waals surface area contributed by atoms with Crippen LogP contribution in [0.15, 0.2) is 54.6 Å². The van der Waals surface area contributed by atoms with E-state index in [2.05, 4.69) is 26.3 Å². The van der Waals surface area contributed by atoms with Crippen LogP contribution in [0.4, 0.5) is 0 Å². The van der Waals surface area contributed by atoms with Crippen molar-refractivity contribution in [2.75, 3.05) is 0 Å². The molecule has 0 saturated heterocycles. The molecule has 1 aliphatic carbocycles. The van der Waals surface area contributed by atoms with Crippen molar-refractivity contribution in [1.29, 1.82) is 0 Å². The van der Waals surface area contributed by atoms with Gasteiger partial charge in [-0.2, -0.15) is 4.80 Å². The molecule has 2 aromatic carbocycles. The second kappa shape index (κ2) is 8.07. The van der Waals surface area contributed by atoms with Crippen molar-refractivity contribution in [2.24, 2.45) is 5.92 Å². The van der Waals surface area contributed by atoms with Gasteiger partial charge in [-0.05, 0) is 22.9 Å². The molecule has 0 bridgehead atoms. The third-order valence-electron chi connectivity index (χ3n) is 4.69. The van der Waals surface area contributed by atoms with Gasteiger partial charge in [-0.25, -0.2) is 0 Å². The Labute approximate surface area is 170 Å². The van der Waals surface area contributed by atoms with Crippen LogP contribution in [0.25, 0.3) is 11.4 Å². The van der Waals surface area contributed by atoms with Crippen molar-refractivity contribution in [1.82, 2.24) is 31.1 Å². The first-order chi connectivity index (χ1) is 14.5. The highest BCUT2D eigenvalue weighted by Crippen LogP contribution is 2.32. The number of benzene rings is 2. The van der Waals surface area contributed by atoms with Crippen LogP contribution in [0.2, 0.25) is 0 Å². The zero-order valence-electron chi connectivity index (χ0n) is 15.6. The molecule has 1 aliphatic rings. The number of hydrogen-bond donors (Lipinski definition) is 2. The lowest BCUT2D eigenvalue weighted by atomic mass is 10.1. The summed E-state index contributed by atoms with van der Waals surface area (Å²) < 4.78 is 0. The Balaban J connectivity index is 1.31. The number of tetrazole rings is 1. The van der Waals surface area contributed by atoms with E-state index < -0.39 is 28.7 Å². The molecular formula is C19H17N7O4. The van der Waals surface area contributed by atoms with E-state index in [0.717, 1.165) is 11.1 Å². The van der Waals surface area contributed by atoms with Crippen molar-refractivity contribution in [3.8, 4) is 11.4 Å². The van der Waals surface area contributed by atoms with Crippen molar-refractivity contribution >= 4 is 11.8 Å². The van der Waals surface area contributed by atoms with E-state index in [9.17, 15) is 19.7 Å². The first kappa shape index (κ1) is 19.2. The second-order valence-electron chi connectivity index (χ2n) is 6.84. The third kappa shape index (κ3) is 4.29. The number of carbonyl (C=O) groups is 2. The number of hydrogen-bond acceptors (Lipinski definition) is 7. The molecule has 30 heavy (non-hydrogen) atoms. The quantitative estimate of drug-likeness (QED) is 0.454. The number of aromatic nitrogens is 4. The Morgan fingerprint density at radius 1 is 1.10 bits per heavy atom. The summed E-state index contributed by atoms with van der Waals surface area (Å²) in [6, 6.07) is 15.3. The molecular weight excluding hydrogens is 390 g/mol. The van der Waals surface area contributed by atoms with Crippen molar-refractivity contribution in [3.05, 3.63) is 75.8 Å². The molecule has 2 N–H and O–H groups in total. The van der Waals surface area contributed by atoms with E-state index in [1.54, 1.807) is 24.3 Å². The normalized spacial score (nSPS) is 17.2. The molecule has 2 amide bonds. The summed E-state index contributed by atoms with van der Waals surface area (Å²) in [5, 5.41) is 23.0. The van der Waals surface area contributed by atoms with E-state index in [1.807, 2.05) is 30.3 Å². The minimum atomic E-state index is -0.867. The molecule has 0 unspecified atom stereocenters. The lowest BCUT2D eigenvalue weighted by molar-refractivity contribution is -0.497. The maximum Gasteiger partial charge on any atom is 0.269 e. The number of rotatable bonds is 6. The zero-order chi connectivity index (χ0) is 21.1. The van der Waals surface area contributed by atoms with Crippen LogP contribution in [0.1, 0.15) is 22.3 Å². The smallest absolute Gasteiger partial charge is 0.269 e. The van der Waals surface area contributed by atoms with Gasteiger partial charge in [0.1, 0.15) is 5.92 Å². The van der Waals surface area contributed by atoms with Crippen LogP contribution >= 0.6 is 0 Å². The SMILES string of the molecule is O=C(NNC(=O)[C@H]1C[C@@H]1[N+](=O)[O-])c1ccc(Cn2nnc(-c3ccccc3)n2)cc1. The van der Waals surface area contributed by atoms with Gasteiger partial charge in [0.15, 0.2) is 0 Å². The van der Waals surface area contributed by atoms with E-state index in [4.69, 9.17) is 0 Å². The fraction of sp³-hybridized carbons (Fsp3) is 0.211. The molecule has 1 heterocycles. The van der Waals surface area contributed by atoms with Gasteiger partial charge in [-0.15, -0.1) is 10.2 Å². The predicted octanol–water partition coefficient (Wildman–Crippen LogP) is 0.815. The molecule has 1 aromatic heterocycles. The number of carbonyl (C=O) groups excluding carboxylic acids is 2. The van der Waals surface area contributed by atoms with Crippen LogP contribution < -0.4 is 10.9 Å². The van der Waals surface area contributed by atoms with E-state index in [-0.39, 0.29) is 6.42 Å². The minimum Gasteiger partial charge on any atom is -0.273 e. The summed E-state index contributed by atoms with van der Waals surface area (Å²) in [7, 11) is 0. The molecule has 11 heteroatoms. The minimum absolute atomic E-state index is 0.186. The van der Waals surface area contributed by atoms with Crippen molar-refractivity contribution in [2.45, 2.75) is 19.0 Å². The van der Waals surface area contributed by atoms with Crippen LogP contribution in [0.5, 0.6) is 0 Å². The van der Waals surface area contributed by atoms with Crippen molar-refractivity contribution in [3.63, 3.8) is 0 Å². The second-order valence-corrected chi connectivity index (χ2v) is 6.84. The summed E-state index contributed by atoms with van der Waals surface area (Å²) >= 11 is 0. The number of nitrogens with one attached hydrogen (secondary N) is 2. The Morgan fingerprint density at radius 2 is 1.83 bits per heavy atom. The third-order valence-corrected chi connectivity index (χ3v) is 4.69. The van der Waals surface area contributed by atoms with Crippen LogP contribution in [0, 0.1) is 16.0 Å². The largest absolute Gasteiger partial charge is 0.273 e. The van der Waals surface area contributed by atoms with Crippen LogP contribution in [0.3, 0.4) is 0 Å². The van der Waals surface area contributed by atoms with Crippen LogP contribution in [-0.2, 0) is 11.3 Å². The Bertz CT molecular complexity index is 1080. The van der Waals surface area contributed by atoms with Gasteiger partial charge >= 0.3 is 0 Å². The molecule has 2 atom stereocenters. The first-order valence-corrected chi connectivity index (χ1v) is 9.17. The monoisotopic (exact) mass is 407 g/mol. The summed E-state index contributed by atoms with van der Waals surface area (Å²) in [6.07, 6.45) is 0.186. The lowest BCUT2D eigenvalue weighted by Crippen LogP contribution is -2.43. The van der Waals surface area contributed by atoms with Gasteiger partial charge in [-0.1, -0.05) is 42.5 Å². The van der Waals surface area contributed by atoms with E-state index >= 15 is 0 Å². The molecule has 0 spiro atoms. The molecule has 1 saturated carbocycles. The molecule has 3 aromatic rings. The fourth-order valence-corrected chi connectivity index (χ4v) is 2.92. The fourth-order valence-electron chi connectivity index (χ4n) is 2.92. The average Bonchev–Trinajstić information content (AvgIpc) is 3.45. The maximum atomic E-state index is 12.1. The summed E-state index contributed by atoms with van der Waals surface area (Å²) in [4.78, 5) is 35.5. The molecule has 0 aliphatic heterocycles. The highest BCUT2D eigenvalue weighted by Gasteiger charge is 2.53. The topological polar surface area (TPSA) is 145 Å². The van der Waals surface area contributed by atoms with Crippen LogP contribution in [-0.4, -0.2) is 43.0 Å². The number of nitrogens with zero attached hydrogens (tertiary/aromatic N) is 5. The average molecular weight is 407 g/mol. The Morgan fingerprint density at radius 3 is 2.50 bits per heavy atom. The van der Waals surface area contributed by atoms with Crippen molar-refractivity contribution < 1.29 is 14.5 Å². The molecule has 0 radical (unpaired) electrons. The van der Waals surface area contributed by atoms with Gasteiger partial charge in [-0.3, -0.25) is 30.6 Å². The number of nitro groups is 1. The van der Waals surface area contributed by atoms with E-state index in [0.29, 0.717) is 17.9 Å². The highest BCUT2D eigenvalue weighted by atomic mass is 16.6.